The highest BCUT2D eigenvalue weighted by Gasteiger charge is 2.25. The van der Waals surface area contributed by atoms with Gasteiger partial charge in [-0.05, 0) is 26.3 Å². The molecule has 1 heterocycles. The standard InChI is InChI=1S/C17H22ClN3O2/c1-12-15(13(2)21(20-12)10-9-18)16(22)19-11-17(3,23)14-7-5-4-6-8-14/h4-8,23H,9-11H2,1-3H3,(H,19,22). The minimum absolute atomic E-state index is 0.120. The van der Waals surface area contributed by atoms with E-state index in [9.17, 15) is 9.90 Å². The first-order valence-electron chi connectivity index (χ1n) is 7.53. The number of carbonyl (C=O) groups excluding carboxylic acids is 1. The Morgan fingerprint density at radius 1 is 1.35 bits per heavy atom. The van der Waals surface area contributed by atoms with Crippen LogP contribution in [0.4, 0.5) is 0 Å². The van der Waals surface area contributed by atoms with Gasteiger partial charge in [0.25, 0.3) is 5.91 Å². The second-order valence-corrected chi connectivity index (χ2v) is 6.16. The van der Waals surface area contributed by atoms with Crippen molar-refractivity contribution in [3.63, 3.8) is 0 Å². The molecule has 1 aromatic heterocycles. The summed E-state index contributed by atoms with van der Waals surface area (Å²) in [6, 6.07) is 9.27. The third-order valence-electron chi connectivity index (χ3n) is 3.89. The van der Waals surface area contributed by atoms with Crippen LogP contribution in [0.3, 0.4) is 0 Å². The van der Waals surface area contributed by atoms with Crippen molar-refractivity contribution in [2.24, 2.45) is 0 Å². The van der Waals surface area contributed by atoms with E-state index >= 15 is 0 Å². The zero-order chi connectivity index (χ0) is 17.0. The number of hydrogen-bond donors (Lipinski definition) is 2. The van der Waals surface area contributed by atoms with E-state index < -0.39 is 5.60 Å². The van der Waals surface area contributed by atoms with Crippen LogP contribution in [0.1, 0.15) is 34.2 Å². The Morgan fingerprint density at radius 3 is 2.61 bits per heavy atom. The molecular formula is C17H22ClN3O2. The highest BCUT2D eigenvalue weighted by Crippen LogP contribution is 2.20. The number of hydrogen-bond acceptors (Lipinski definition) is 3. The summed E-state index contributed by atoms with van der Waals surface area (Å²) in [6.07, 6.45) is 0. The van der Waals surface area contributed by atoms with Crippen LogP contribution in [0.15, 0.2) is 30.3 Å². The molecule has 2 aromatic rings. The third kappa shape index (κ3) is 3.92. The number of nitrogens with zero attached hydrogens (tertiary/aromatic N) is 2. The smallest absolute Gasteiger partial charge is 0.255 e. The lowest BCUT2D eigenvalue weighted by Gasteiger charge is -2.24. The van der Waals surface area contributed by atoms with Gasteiger partial charge in [0.2, 0.25) is 0 Å². The lowest BCUT2D eigenvalue weighted by molar-refractivity contribution is 0.0526. The van der Waals surface area contributed by atoms with Crippen LogP contribution >= 0.6 is 11.6 Å². The summed E-state index contributed by atoms with van der Waals surface area (Å²) in [5.74, 6) is 0.197. The predicted octanol–water partition coefficient (Wildman–Crippen LogP) is 2.38. The maximum Gasteiger partial charge on any atom is 0.255 e. The zero-order valence-electron chi connectivity index (χ0n) is 13.6. The largest absolute Gasteiger partial charge is 0.384 e. The molecule has 0 bridgehead atoms. The van der Waals surface area contributed by atoms with Crippen LogP contribution in [0.5, 0.6) is 0 Å². The van der Waals surface area contributed by atoms with Crippen LogP contribution in [0, 0.1) is 13.8 Å². The normalized spacial score (nSPS) is 13.6. The van der Waals surface area contributed by atoms with Crippen LogP contribution in [-0.2, 0) is 12.1 Å². The second kappa shape index (κ2) is 7.15. The van der Waals surface area contributed by atoms with Gasteiger partial charge in [0.1, 0.15) is 5.60 Å². The predicted molar refractivity (Wildman–Crippen MR) is 90.8 cm³/mol. The molecule has 0 spiro atoms. The van der Waals surface area contributed by atoms with E-state index in [1.807, 2.05) is 37.3 Å². The van der Waals surface area contributed by atoms with Gasteiger partial charge < -0.3 is 10.4 Å². The summed E-state index contributed by atoms with van der Waals surface area (Å²) >= 11 is 5.74. The molecule has 23 heavy (non-hydrogen) atoms. The SMILES string of the molecule is Cc1nn(CCCl)c(C)c1C(=O)NCC(C)(O)c1ccccc1. The van der Waals surface area contributed by atoms with E-state index in [4.69, 9.17) is 11.6 Å². The Labute approximate surface area is 141 Å². The Bertz CT molecular complexity index is 681. The number of amides is 1. The molecule has 0 fully saturated rings. The van der Waals surface area contributed by atoms with Crippen molar-refractivity contribution < 1.29 is 9.90 Å². The lowest BCUT2D eigenvalue weighted by atomic mass is 9.96. The number of carbonyl (C=O) groups is 1. The zero-order valence-corrected chi connectivity index (χ0v) is 14.4. The molecule has 0 aliphatic heterocycles. The summed E-state index contributed by atoms with van der Waals surface area (Å²) in [7, 11) is 0. The van der Waals surface area contributed by atoms with Crippen LogP contribution < -0.4 is 5.32 Å². The quantitative estimate of drug-likeness (QED) is 0.796. The highest BCUT2D eigenvalue weighted by molar-refractivity contribution is 6.17. The van der Waals surface area contributed by atoms with Crippen molar-refractivity contribution in [3.05, 3.63) is 52.8 Å². The third-order valence-corrected chi connectivity index (χ3v) is 4.06. The molecule has 1 aromatic carbocycles. The lowest BCUT2D eigenvalue weighted by Crippen LogP contribution is -2.38. The summed E-state index contributed by atoms with van der Waals surface area (Å²) in [4.78, 5) is 12.5. The first-order valence-corrected chi connectivity index (χ1v) is 8.06. The average molecular weight is 336 g/mol. The fraction of sp³-hybridized carbons (Fsp3) is 0.412. The number of aromatic nitrogens is 2. The van der Waals surface area contributed by atoms with Gasteiger partial charge in [-0.15, -0.1) is 11.6 Å². The van der Waals surface area contributed by atoms with Crippen molar-refractivity contribution in [3.8, 4) is 0 Å². The molecule has 0 radical (unpaired) electrons. The van der Waals surface area contributed by atoms with E-state index in [1.54, 1.807) is 18.5 Å². The number of benzene rings is 1. The van der Waals surface area contributed by atoms with E-state index in [-0.39, 0.29) is 12.5 Å². The molecule has 124 valence electrons. The molecule has 2 rings (SSSR count). The Morgan fingerprint density at radius 2 is 2.00 bits per heavy atom. The topological polar surface area (TPSA) is 67.2 Å². The van der Waals surface area contributed by atoms with E-state index in [0.29, 0.717) is 23.7 Å². The van der Waals surface area contributed by atoms with E-state index in [1.165, 1.54) is 0 Å². The summed E-state index contributed by atoms with van der Waals surface area (Å²) in [6.45, 7) is 6.00. The number of alkyl halides is 1. The fourth-order valence-corrected chi connectivity index (χ4v) is 2.72. The van der Waals surface area contributed by atoms with Crippen molar-refractivity contribution in [2.75, 3.05) is 12.4 Å². The molecule has 0 aliphatic carbocycles. The monoisotopic (exact) mass is 335 g/mol. The molecule has 6 heteroatoms. The molecule has 5 nitrogen and oxygen atoms in total. The van der Waals surface area contributed by atoms with Crippen molar-refractivity contribution in [1.29, 1.82) is 0 Å². The molecule has 1 amide bonds. The number of nitrogens with one attached hydrogen (secondary N) is 1. The van der Waals surface area contributed by atoms with Crippen molar-refractivity contribution >= 4 is 17.5 Å². The summed E-state index contributed by atoms with van der Waals surface area (Å²) in [5.41, 5.74) is 1.60. The molecule has 0 saturated carbocycles. The first-order chi connectivity index (χ1) is 10.9. The molecular weight excluding hydrogens is 314 g/mol. The molecule has 2 N–H and O–H groups in total. The number of aliphatic hydroxyl groups is 1. The number of rotatable bonds is 6. The maximum absolute atomic E-state index is 12.5. The number of halogens is 1. The van der Waals surface area contributed by atoms with Gasteiger partial charge in [-0.1, -0.05) is 30.3 Å². The second-order valence-electron chi connectivity index (χ2n) is 5.78. The maximum atomic E-state index is 12.5. The van der Waals surface area contributed by atoms with Gasteiger partial charge in [-0.2, -0.15) is 5.10 Å². The first kappa shape index (κ1) is 17.5. The highest BCUT2D eigenvalue weighted by atomic mass is 35.5. The fourth-order valence-electron chi connectivity index (χ4n) is 2.56. The minimum atomic E-state index is -1.13. The van der Waals surface area contributed by atoms with Crippen LogP contribution in [0.2, 0.25) is 0 Å². The average Bonchev–Trinajstić information content (AvgIpc) is 2.81. The summed E-state index contributed by atoms with van der Waals surface area (Å²) < 4.78 is 1.73. The van der Waals surface area contributed by atoms with Gasteiger partial charge >= 0.3 is 0 Å². The van der Waals surface area contributed by atoms with Gasteiger partial charge in [-0.3, -0.25) is 9.48 Å². The molecule has 1 atom stereocenters. The van der Waals surface area contributed by atoms with Gasteiger partial charge in [0.15, 0.2) is 0 Å². The van der Waals surface area contributed by atoms with Crippen LogP contribution in [0.25, 0.3) is 0 Å². The molecule has 0 aliphatic rings. The summed E-state index contributed by atoms with van der Waals surface area (Å²) in [5, 5.41) is 17.7. The number of aryl methyl sites for hydroxylation is 2. The van der Waals surface area contributed by atoms with E-state index in [0.717, 1.165) is 11.3 Å². The molecule has 0 saturated heterocycles. The van der Waals surface area contributed by atoms with Crippen molar-refractivity contribution in [2.45, 2.75) is 32.9 Å². The van der Waals surface area contributed by atoms with Gasteiger partial charge in [-0.25, -0.2) is 0 Å². The Hall–Kier alpha value is -1.85. The Balaban J connectivity index is 2.11. The van der Waals surface area contributed by atoms with Gasteiger partial charge in [0, 0.05) is 11.6 Å². The molecule has 1 unspecified atom stereocenters. The van der Waals surface area contributed by atoms with Crippen LogP contribution in [-0.4, -0.2) is 33.2 Å². The van der Waals surface area contributed by atoms with E-state index in [2.05, 4.69) is 10.4 Å². The Kier molecular flexibility index (Phi) is 5.44. The van der Waals surface area contributed by atoms with Crippen molar-refractivity contribution in [1.82, 2.24) is 15.1 Å². The van der Waals surface area contributed by atoms with Gasteiger partial charge in [0.05, 0.1) is 24.3 Å². The minimum Gasteiger partial charge on any atom is -0.384 e.